The Hall–Kier alpha value is -0.787. The number of rotatable bonds is 1. The van der Waals surface area contributed by atoms with E-state index in [4.69, 9.17) is 14.7 Å². The number of aliphatic hydroxyl groups is 1. The first-order chi connectivity index (χ1) is 4.54. The van der Waals surface area contributed by atoms with Gasteiger partial charge in [-0.25, -0.2) is 0 Å². The summed E-state index contributed by atoms with van der Waals surface area (Å²) in [5, 5.41) is 8.36. The van der Waals surface area contributed by atoms with Gasteiger partial charge in [0.25, 0.3) is 0 Å². The van der Waals surface area contributed by atoms with E-state index in [0.29, 0.717) is 0 Å². The second-order valence-corrected chi connectivity index (χ2v) is 1.48. The zero-order chi connectivity index (χ0) is 8.57. The van der Waals surface area contributed by atoms with E-state index < -0.39 is 0 Å². The molecule has 0 amide bonds. The molecule has 4 nitrogen and oxygen atoms in total. The summed E-state index contributed by atoms with van der Waals surface area (Å²) in [5.41, 5.74) is 0. The van der Waals surface area contributed by atoms with E-state index in [2.05, 4.69) is 0 Å². The molecule has 5 heteroatoms. The van der Waals surface area contributed by atoms with Gasteiger partial charge in [0.15, 0.2) is 5.78 Å². The molecule has 0 aliphatic heterocycles. The molecular weight excluding hydrogens is 239 g/mol. The van der Waals surface area contributed by atoms with Crippen molar-refractivity contribution in [3.05, 3.63) is 11.8 Å². The number of carbonyl (C=O) groups excluding carboxylic acids is 3. The minimum atomic E-state index is -0.125. The van der Waals surface area contributed by atoms with Gasteiger partial charge in [0.1, 0.15) is 0 Å². The molecule has 0 fully saturated rings. The Kier molecular flexibility index (Phi) is 18.1. The summed E-state index contributed by atoms with van der Waals surface area (Å²) in [6, 6.07) is 0. The van der Waals surface area contributed by atoms with Gasteiger partial charge in [-0.2, -0.15) is 9.59 Å². The maximum Gasteiger partial charge on any atom is 0.373 e. The van der Waals surface area contributed by atoms with Gasteiger partial charge < -0.3 is 5.11 Å². The van der Waals surface area contributed by atoms with Crippen LogP contribution in [0.3, 0.4) is 0 Å². The molecule has 0 unspecified atom stereocenters. The van der Waals surface area contributed by atoms with Gasteiger partial charge in [-0.3, -0.25) is 4.79 Å². The molecule has 1 radical (unpaired) electrons. The van der Waals surface area contributed by atoms with Gasteiger partial charge in [-0.05, 0) is 13.8 Å². The molecule has 0 spiro atoms. The molecule has 0 bridgehead atoms. The minimum absolute atomic E-state index is 0. The smallest absolute Gasteiger partial charge is 0.373 e. The topological polar surface area (TPSA) is 71.4 Å². The second kappa shape index (κ2) is 11.9. The van der Waals surface area contributed by atoms with Gasteiger partial charge in [0.2, 0.25) is 0 Å². The van der Waals surface area contributed by atoms with Gasteiger partial charge >= 0.3 is 6.15 Å². The van der Waals surface area contributed by atoms with Crippen molar-refractivity contribution < 1.29 is 39.0 Å². The number of hydrogen-bond donors (Lipinski definition) is 1. The number of aliphatic hydroxyl groups excluding tert-OH is 1. The number of hydrogen-bond acceptors (Lipinski definition) is 4. The molecule has 0 aromatic rings. The first kappa shape index (κ1) is 16.7. The van der Waals surface area contributed by atoms with Crippen LogP contribution in [0.4, 0.5) is 0 Å². The number of allylic oxidation sites excluding steroid dienone is 2. The largest absolute Gasteiger partial charge is 0.512 e. The van der Waals surface area contributed by atoms with Crippen molar-refractivity contribution in [1.29, 1.82) is 0 Å². The fourth-order valence-electron chi connectivity index (χ4n) is 0.294. The summed E-state index contributed by atoms with van der Waals surface area (Å²) < 4.78 is 0. The molecular formula is C6H8O4Rh. The third-order valence-corrected chi connectivity index (χ3v) is 0.412. The van der Waals surface area contributed by atoms with Crippen LogP contribution in [0.1, 0.15) is 13.8 Å². The maximum absolute atomic E-state index is 10.0. The van der Waals surface area contributed by atoms with Crippen LogP contribution in [0.15, 0.2) is 11.8 Å². The van der Waals surface area contributed by atoms with Crippen molar-refractivity contribution in [3.8, 4) is 0 Å². The van der Waals surface area contributed by atoms with Crippen LogP contribution < -0.4 is 0 Å². The van der Waals surface area contributed by atoms with Gasteiger partial charge in [0.05, 0.1) is 5.76 Å². The predicted octanol–water partition coefficient (Wildman–Crippen LogP) is 0.451. The van der Waals surface area contributed by atoms with E-state index in [-0.39, 0.29) is 37.2 Å². The number of carbonyl (C=O) groups is 1. The molecule has 0 rings (SSSR count). The molecule has 0 aromatic carbocycles. The maximum atomic E-state index is 10.0. The predicted molar refractivity (Wildman–Crippen MR) is 32.1 cm³/mol. The zero-order valence-electron chi connectivity index (χ0n) is 6.08. The molecule has 1 N–H and O–H groups in total. The molecule has 0 aromatic heterocycles. The Labute approximate surface area is 77.0 Å². The summed E-state index contributed by atoms with van der Waals surface area (Å²) in [6.45, 7) is 2.85. The van der Waals surface area contributed by atoms with E-state index in [9.17, 15) is 4.79 Å². The van der Waals surface area contributed by atoms with Gasteiger partial charge in [-0.1, -0.05) is 0 Å². The van der Waals surface area contributed by atoms with Crippen LogP contribution >= 0.6 is 0 Å². The molecule has 65 valence electrons. The van der Waals surface area contributed by atoms with Crippen LogP contribution in [0.5, 0.6) is 0 Å². The van der Waals surface area contributed by atoms with Crippen molar-refractivity contribution in [1.82, 2.24) is 0 Å². The molecule has 0 saturated carbocycles. The number of ketones is 1. The Bertz CT molecular complexity index is 163. The second-order valence-electron chi connectivity index (χ2n) is 1.48. The van der Waals surface area contributed by atoms with E-state index in [1.165, 1.54) is 19.9 Å². The summed E-state index contributed by atoms with van der Waals surface area (Å²) >= 11 is 0. The van der Waals surface area contributed by atoms with Gasteiger partial charge in [0, 0.05) is 25.6 Å². The van der Waals surface area contributed by atoms with Crippen molar-refractivity contribution in [2.75, 3.05) is 0 Å². The molecule has 0 heterocycles. The monoisotopic (exact) mass is 247 g/mol. The van der Waals surface area contributed by atoms with Crippen LogP contribution in [-0.4, -0.2) is 17.0 Å². The summed E-state index contributed by atoms with van der Waals surface area (Å²) in [4.78, 5) is 26.3. The average molecular weight is 247 g/mol. The SMILES string of the molecule is CC(=O)/C=C(/C)O.O=C=O.[Rh]. The van der Waals surface area contributed by atoms with Crippen molar-refractivity contribution >= 4 is 11.9 Å². The first-order valence-corrected chi connectivity index (χ1v) is 2.41. The molecule has 0 aliphatic rings. The van der Waals surface area contributed by atoms with Gasteiger partial charge in [-0.15, -0.1) is 0 Å². The quantitative estimate of drug-likeness (QED) is 0.415. The van der Waals surface area contributed by atoms with Crippen molar-refractivity contribution in [3.63, 3.8) is 0 Å². The molecule has 0 atom stereocenters. The summed E-state index contributed by atoms with van der Waals surface area (Å²) in [6.07, 6.45) is 1.42. The summed E-state index contributed by atoms with van der Waals surface area (Å²) in [7, 11) is 0. The van der Waals surface area contributed by atoms with Crippen LogP contribution in [0.2, 0.25) is 0 Å². The average Bonchev–Trinajstić information content (AvgIpc) is 1.62. The van der Waals surface area contributed by atoms with E-state index >= 15 is 0 Å². The van der Waals surface area contributed by atoms with Crippen LogP contribution in [0.25, 0.3) is 0 Å². The van der Waals surface area contributed by atoms with Crippen LogP contribution in [0, 0.1) is 0 Å². The van der Waals surface area contributed by atoms with E-state index in [1.807, 2.05) is 0 Å². The zero-order valence-corrected chi connectivity index (χ0v) is 7.72. The molecule has 0 aliphatic carbocycles. The third-order valence-electron chi connectivity index (χ3n) is 0.412. The van der Waals surface area contributed by atoms with E-state index in [1.54, 1.807) is 0 Å². The standard InChI is InChI=1S/C5H8O2.CO2.Rh/c1-4(6)3-5(2)7;2-1-3;/h3,6H,1-2H3;;/b4-3-;;. The fraction of sp³-hybridized carbons (Fsp3) is 0.333. The Balaban J connectivity index is -0.000000140. The Morgan fingerprint density at radius 3 is 1.64 bits per heavy atom. The van der Waals surface area contributed by atoms with E-state index in [0.717, 1.165) is 0 Å². The summed E-state index contributed by atoms with van der Waals surface area (Å²) in [5.74, 6) is -0.0625. The minimum Gasteiger partial charge on any atom is -0.512 e. The Morgan fingerprint density at radius 1 is 1.36 bits per heavy atom. The third kappa shape index (κ3) is 46.4. The molecule has 11 heavy (non-hydrogen) atoms. The van der Waals surface area contributed by atoms with Crippen LogP contribution in [-0.2, 0) is 33.9 Å². The van der Waals surface area contributed by atoms with Crippen molar-refractivity contribution in [2.45, 2.75) is 13.8 Å². The fourth-order valence-corrected chi connectivity index (χ4v) is 0.294. The first-order valence-electron chi connectivity index (χ1n) is 2.41. The molecule has 0 saturated heterocycles. The van der Waals surface area contributed by atoms with Crippen molar-refractivity contribution in [2.24, 2.45) is 0 Å². The Morgan fingerprint density at radius 2 is 1.64 bits per heavy atom. The normalized spacial score (nSPS) is 8.00.